The maximum atomic E-state index is 11.3. The minimum atomic E-state index is 0.0273. The maximum Gasteiger partial charge on any atom is 0.234 e. The third-order valence-corrected chi connectivity index (χ3v) is 4.22. The van der Waals surface area contributed by atoms with Crippen LogP contribution < -0.4 is 5.32 Å². The van der Waals surface area contributed by atoms with Gasteiger partial charge in [0.1, 0.15) is 0 Å². The molecule has 1 N–H and O–H groups in total. The van der Waals surface area contributed by atoms with Crippen molar-refractivity contribution in [3.63, 3.8) is 0 Å². The van der Waals surface area contributed by atoms with Crippen molar-refractivity contribution in [2.45, 2.75) is 16.7 Å². The molecule has 0 fully saturated rings. The topological polar surface area (TPSA) is 29.1 Å². The number of nitrogens with one attached hydrogen (secondary N) is 1. The Labute approximate surface area is 131 Å². The third kappa shape index (κ3) is 4.54. The number of aryl methyl sites for hydroxylation is 1. The van der Waals surface area contributed by atoms with Crippen LogP contribution in [0.15, 0.2) is 58.3 Å². The van der Waals surface area contributed by atoms with Gasteiger partial charge in [0.15, 0.2) is 0 Å². The molecule has 0 unspecified atom stereocenters. The van der Waals surface area contributed by atoms with Crippen molar-refractivity contribution in [1.29, 1.82) is 0 Å². The summed E-state index contributed by atoms with van der Waals surface area (Å²) in [5, 5.41) is 2.83. The maximum absolute atomic E-state index is 11.3. The van der Waals surface area contributed by atoms with E-state index in [0.29, 0.717) is 4.43 Å². The van der Waals surface area contributed by atoms with Crippen molar-refractivity contribution in [1.82, 2.24) is 0 Å². The summed E-state index contributed by atoms with van der Waals surface area (Å²) in [5.41, 5.74) is 2.11. The summed E-state index contributed by atoms with van der Waals surface area (Å²) >= 11 is 3.76. The molecule has 2 aromatic rings. The first-order valence-electron chi connectivity index (χ1n) is 5.88. The van der Waals surface area contributed by atoms with Crippen LogP contribution in [0.25, 0.3) is 0 Å². The summed E-state index contributed by atoms with van der Waals surface area (Å²) in [6.07, 6.45) is 0. The average molecular weight is 383 g/mol. The summed E-state index contributed by atoms with van der Waals surface area (Å²) in [6, 6.07) is 16.4. The molecule has 2 aromatic carbocycles. The number of benzene rings is 2. The molecular formula is C15H14INOS. The van der Waals surface area contributed by atoms with Crippen LogP contribution >= 0.6 is 34.4 Å². The Morgan fingerprint density at radius 3 is 2.11 bits per heavy atom. The van der Waals surface area contributed by atoms with Crippen LogP contribution in [0.3, 0.4) is 0 Å². The molecular weight excluding hydrogens is 369 g/mol. The third-order valence-electron chi connectivity index (χ3n) is 2.52. The molecule has 0 atom stereocenters. The molecule has 0 bridgehead atoms. The van der Waals surface area contributed by atoms with E-state index in [1.807, 2.05) is 46.9 Å². The molecule has 2 nitrogen and oxygen atoms in total. The Morgan fingerprint density at radius 2 is 1.58 bits per heavy atom. The van der Waals surface area contributed by atoms with Crippen LogP contribution in [-0.2, 0) is 4.79 Å². The van der Waals surface area contributed by atoms with Crippen LogP contribution in [0, 0.1) is 6.92 Å². The molecule has 0 aromatic heterocycles. The van der Waals surface area contributed by atoms with Crippen molar-refractivity contribution in [2.24, 2.45) is 0 Å². The molecule has 0 radical (unpaired) electrons. The van der Waals surface area contributed by atoms with Crippen LogP contribution in [-0.4, -0.2) is 10.3 Å². The van der Waals surface area contributed by atoms with Crippen molar-refractivity contribution in [2.75, 3.05) is 9.74 Å². The van der Waals surface area contributed by atoms with E-state index >= 15 is 0 Å². The molecule has 0 saturated carbocycles. The largest absolute Gasteiger partial charge is 0.325 e. The lowest BCUT2D eigenvalue weighted by Gasteiger charge is -2.05. The Balaban J connectivity index is 2.02. The number of anilines is 1. The molecule has 4 heteroatoms. The van der Waals surface area contributed by atoms with E-state index in [0.717, 1.165) is 10.6 Å². The van der Waals surface area contributed by atoms with Gasteiger partial charge in [0.2, 0.25) is 5.91 Å². The highest BCUT2D eigenvalue weighted by Crippen LogP contribution is 2.28. The van der Waals surface area contributed by atoms with Gasteiger partial charge in [-0.3, -0.25) is 4.79 Å². The minimum absolute atomic E-state index is 0.0273. The van der Waals surface area contributed by atoms with Crippen molar-refractivity contribution >= 4 is 45.9 Å². The fourth-order valence-electron chi connectivity index (χ4n) is 1.54. The molecule has 0 heterocycles. The van der Waals surface area contributed by atoms with Crippen LogP contribution in [0.4, 0.5) is 5.69 Å². The zero-order valence-electron chi connectivity index (χ0n) is 10.5. The molecule has 0 saturated heterocycles. The highest BCUT2D eigenvalue weighted by molar-refractivity contribution is 14.1. The van der Waals surface area contributed by atoms with Crippen molar-refractivity contribution in [3.05, 3.63) is 54.1 Å². The molecule has 2 rings (SSSR count). The summed E-state index contributed by atoms with van der Waals surface area (Å²) in [6.45, 7) is 2.08. The number of rotatable bonds is 4. The van der Waals surface area contributed by atoms with Gasteiger partial charge in [0.05, 0.1) is 4.43 Å². The van der Waals surface area contributed by atoms with Crippen LogP contribution in [0.5, 0.6) is 0 Å². The highest BCUT2D eigenvalue weighted by Gasteiger charge is 2.01. The predicted molar refractivity (Wildman–Crippen MR) is 89.3 cm³/mol. The number of hydrogen-bond acceptors (Lipinski definition) is 2. The van der Waals surface area contributed by atoms with Gasteiger partial charge >= 0.3 is 0 Å². The molecule has 0 aliphatic rings. The van der Waals surface area contributed by atoms with Gasteiger partial charge < -0.3 is 5.32 Å². The van der Waals surface area contributed by atoms with Gasteiger partial charge in [0, 0.05) is 15.5 Å². The second kappa shape index (κ2) is 6.96. The van der Waals surface area contributed by atoms with E-state index in [2.05, 4.69) is 36.5 Å². The lowest BCUT2D eigenvalue weighted by molar-refractivity contribution is -0.113. The minimum Gasteiger partial charge on any atom is -0.325 e. The normalized spacial score (nSPS) is 10.2. The number of halogens is 1. The Morgan fingerprint density at radius 1 is 1.05 bits per heavy atom. The van der Waals surface area contributed by atoms with E-state index in [1.165, 1.54) is 10.5 Å². The molecule has 1 amide bonds. The number of carbonyl (C=O) groups is 1. The van der Waals surface area contributed by atoms with Crippen LogP contribution in [0.1, 0.15) is 5.56 Å². The first-order valence-corrected chi connectivity index (χ1v) is 8.22. The lowest BCUT2D eigenvalue weighted by Crippen LogP contribution is -2.11. The number of amides is 1. The zero-order chi connectivity index (χ0) is 13.7. The smallest absolute Gasteiger partial charge is 0.234 e. The molecule has 98 valence electrons. The van der Waals surface area contributed by atoms with E-state index in [4.69, 9.17) is 0 Å². The number of carbonyl (C=O) groups excluding carboxylic acids is 1. The average Bonchev–Trinajstić information content (AvgIpc) is 2.43. The van der Waals surface area contributed by atoms with E-state index in [9.17, 15) is 4.79 Å². The van der Waals surface area contributed by atoms with Gasteiger partial charge in [-0.25, -0.2) is 0 Å². The molecule has 0 aliphatic heterocycles. The monoisotopic (exact) mass is 383 g/mol. The SMILES string of the molecule is Cc1ccc(Sc2ccc(NC(=O)CI)cc2)cc1. The fraction of sp³-hybridized carbons (Fsp3) is 0.133. The van der Waals surface area contributed by atoms with Crippen molar-refractivity contribution in [3.8, 4) is 0 Å². The van der Waals surface area contributed by atoms with Crippen molar-refractivity contribution < 1.29 is 4.79 Å². The lowest BCUT2D eigenvalue weighted by atomic mass is 10.2. The number of hydrogen-bond donors (Lipinski definition) is 1. The second-order valence-electron chi connectivity index (χ2n) is 4.12. The van der Waals surface area contributed by atoms with Crippen LogP contribution in [0.2, 0.25) is 0 Å². The fourth-order valence-corrected chi connectivity index (χ4v) is 2.55. The first-order chi connectivity index (χ1) is 9.17. The van der Waals surface area contributed by atoms with Gasteiger partial charge in [-0.2, -0.15) is 0 Å². The highest BCUT2D eigenvalue weighted by atomic mass is 127. The standard InChI is InChI=1S/C15H14INOS/c1-11-2-6-13(7-3-11)19-14-8-4-12(5-9-14)17-15(18)10-16/h2-9H,10H2,1H3,(H,17,18). The summed E-state index contributed by atoms with van der Waals surface area (Å²) in [4.78, 5) is 13.6. The Hall–Kier alpha value is -1.01. The zero-order valence-corrected chi connectivity index (χ0v) is 13.5. The van der Waals surface area contributed by atoms with Gasteiger partial charge in [-0.15, -0.1) is 0 Å². The second-order valence-corrected chi connectivity index (χ2v) is 6.03. The van der Waals surface area contributed by atoms with Gasteiger partial charge in [-0.1, -0.05) is 52.0 Å². The van der Waals surface area contributed by atoms with Gasteiger partial charge in [-0.05, 0) is 43.3 Å². The summed E-state index contributed by atoms with van der Waals surface area (Å²) in [7, 11) is 0. The predicted octanol–water partition coefficient (Wildman–Crippen LogP) is 4.52. The quantitative estimate of drug-likeness (QED) is 0.622. The summed E-state index contributed by atoms with van der Waals surface area (Å²) in [5.74, 6) is 0.0273. The summed E-state index contributed by atoms with van der Waals surface area (Å²) < 4.78 is 0.470. The van der Waals surface area contributed by atoms with E-state index in [1.54, 1.807) is 11.8 Å². The van der Waals surface area contributed by atoms with E-state index < -0.39 is 0 Å². The first kappa shape index (κ1) is 14.4. The number of alkyl halides is 1. The molecule has 0 aliphatic carbocycles. The molecule has 0 spiro atoms. The Bertz CT molecular complexity index is 551. The van der Waals surface area contributed by atoms with Gasteiger partial charge in [0.25, 0.3) is 0 Å². The van der Waals surface area contributed by atoms with E-state index in [-0.39, 0.29) is 5.91 Å². The molecule has 19 heavy (non-hydrogen) atoms. The Kier molecular flexibility index (Phi) is 5.27.